The van der Waals surface area contributed by atoms with Crippen LogP contribution in [0.3, 0.4) is 0 Å². The molecule has 50 valence electrons. The normalized spacial score (nSPS) is 10.6. The minimum atomic E-state index is 0.314. The molecule has 4 heteroatoms. The second-order valence-electron chi connectivity index (χ2n) is 2.18. The van der Waals surface area contributed by atoms with Crippen molar-refractivity contribution in [2.45, 2.75) is 19.8 Å². The van der Waals surface area contributed by atoms with Crippen molar-refractivity contribution in [2.75, 3.05) is 5.84 Å². The zero-order valence-corrected chi connectivity index (χ0v) is 5.53. The maximum Gasteiger partial charge on any atom is 0.365 e. The summed E-state index contributed by atoms with van der Waals surface area (Å²) in [7, 11) is 0. The van der Waals surface area contributed by atoms with Crippen molar-refractivity contribution >= 4 is 0 Å². The molecule has 0 bridgehead atoms. The second kappa shape index (κ2) is 2.05. The molecule has 1 rings (SSSR count). The Morgan fingerprint density at radius 1 is 1.78 bits per heavy atom. The molecule has 0 saturated heterocycles. The van der Waals surface area contributed by atoms with E-state index in [1.807, 2.05) is 13.8 Å². The van der Waals surface area contributed by atoms with Crippen LogP contribution in [0.1, 0.15) is 25.6 Å². The second-order valence-corrected chi connectivity index (χ2v) is 2.18. The highest BCUT2D eigenvalue weighted by Gasteiger charge is 2.17. The summed E-state index contributed by atoms with van der Waals surface area (Å²) in [5, 5.41) is 0. The van der Waals surface area contributed by atoms with Gasteiger partial charge >= 0.3 is 12.2 Å². The number of nitrogens with zero attached hydrogens (tertiary/aromatic N) is 2. The van der Waals surface area contributed by atoms with Crippen LogP contribution < -0.4 is 10.7 Å². The highest BCUT2D eigenvalue weighted by Crippen LogP contribution is 2.03. The highest BCUT2D eigenvalue weighted by molar-refractivity contribution is 4.78. The number of hydrogen-bond acceptors (Lipinski definition) is 3. The summed E-state index contributed by atoms with van der Waals surface area (Å²) >= 11 is 0. The Labute approximate surface area is 53.2 Å². The quantitative estimate of drug-likeness (QED) is 0.421. The van der Waals surface area contributed by atoms with E-state index in [1.54, 1.807) is 0 Å². The van der Waals surface area contributed by atoms with E-state index < -0.39 is 0 Å². The molecule has 9 heavy (non-hydrogen) atoms. The molecule has 2 N–H and O–H groups in total. The third-order valence-electron chi connectivity index (χ3n) is 1.09. The van der Waals surface area contributed by atoms with Crippen LogP contribution in [0.5, 0.6) is 0 Å². The van der Waals surface area contributed by atoms with Gasteiger partial charge < -0.3 is 0 Å². The lowest BCUT2D eigenvalue weighted by molar-refractivity contribution is -0.826. The zero-order valence-electron chi connectivity index (χ0n) is 5.53. The van der Waals surface area contributed by atoms with Gasteiger partial charge in [0.1, 0.15) is 0 Å². The fourth-order valence-electron chi connectivity index (χ4n) is 0.643. The first kappa shape index (κ1) is 6.07. The average Bonchev–Trinajstić information content (AvgIpc) is 2.13. The van der Waals surface area contributed by atoms with Gasteiger partial charge in [-0.3, -0.25) is 0 Å². The maximum absolute atomic E-state index is 5.33. The topological polar surface area (TPSA) is 55.9 Å². The highest BCUT2D eigenvalue weighted by atomic mass is 16.5. The summed E-state index contributed by atoms with van der Waals surface area (Å²) in [4.78, 5) is 5.06. The van der Waals surface area contributed by atoms with Crippen molar-refractivity contribution in [3.63, 3.8) is 0 Å². The van der Waals surface area contributed by atoms with E-state index in [9.17, 15) is 0 Å². The molecule has 1 heterocycles. The summed E-state index contributed by atoms with van der Waals surface area (Å²) in [5.41, 5.74) is 0. The van der Waals surface area contributed by atoms with Crippen molar-refractivity contribution in [1.82, 2.24) is 4.98 Å². The van der Waals surface area contributed by atoms with Crippen LogP contribution in [0.15, 0.2) is 10.9 Å². The number of aromatic nitrogens is 2. The summed E-state index contributed by atoms with van der Waals surface area (Å²) in [6.45, 7) is 4.00. The summed E-state index contributed by atoms with van der Waals surface area (Å²) in [5.74, 6) is 6.40. The Hall–Kier alpha value is -1.06. The molecule has 0 amide bonds. The predicted octanol–water partition coefficient (Wildman–Crippen LogP) is -0.201. The van der Waals surface area contributed by atoms with Crippen LogP contribution in [0, 0.1) is 0 Å². The molecule has 0 aliphatic rings. The minimum Gasteiger partial charge on any atom is -0.237 e. The number of nitrogens with two attached hydrogens (primary N) is 1. The molecule has 0 atom stereocenters. The third kappa shape index (κ3) is 1.01. The van der Waals surface area contributed by atoms with Gasteiger partial charge in [-0.25, -0.2) is 10.4 Å². The van der Waals surface area contributed by atoms with Gasteiger partial charge in [0, 0.05) is 4.85 Å². The monoisotopic (exact) mass is 128 g/mol. The molecule has 0 radical (unpaired) electrons. The molecule has 0 aliphatic heterocycles. The first-order valence-electron chi connectivity index (χ1n) is 2.83. The zero-order chi connectivity index (χ0) is 6.85. The van der Waals surface area contributed by atoms with Crippen molar-refractivity contribution in [1.29, 1.82) is 0 Å². The summed E-state index contributed by atoms with van der Waals surface area (Å²) in [6, 6.07) is 0. The van der Waals surface area contributed by atoms with E-state index in [4.69, 9.17) is 10.4 Å². The van der Waals surface area contributed by atoms with E-state index in [0.717, 1.165) is 5.82 Å². The molecule has 0 saturated carbocycles. The van der Waals surface area contributed by atoms with Crippen LogP contribution in [0.4, 0.5) is 0 Å². The predicted molar refractivity (Wildman–Crippen MR) is 30.9 cm³/mol. The lowest BCUT2D eigenvalue weighted by atomic mass is 10.2. The van der Waals surface area contributed by atoms with Gasteiger partial charge in [0.25, 0.3) is 0 Å². The molecule has 1 aromatic heterocycles. The van der Waals surface area contributed by atoms with Crippen molar-refractivity contribution in [3.05, 3.63) is 12.2 Å². The Kier molecular flexibility index (Phi) is 1.38. The number of rotatable bonds is 1. The van der Waals surface area contributed by atoms with Gasteiger partial charge in [-0.2, -0.15) is 0 Å². The summed E-state index contributed by atoms with van der Waals surface area (Å²) in [6.07, 6.45) is 1.33. The Morgan fingerprint density at radius 2 is 2.44 bits per heavy atom. The van der Waals surface area contributed by atoms with Gasteiger partial charge in [0.15, 0.2) is 0 Å². The fraction of sp³-hybridized carbons (Fsp3) is 0.600. The molecule has 0 fully saturated rings. The average molecular weight is 128 g/mol. The van der Waals surface area contributed by atoms with Crippen LogP contribution in [-0.4, -0.2) is 4.98 Å². The number of hydrogen-bond donors (Lipinski definition) is 1. The maximum atomic E-state index is 5.33. The smallest absolute Gasteiger partial charge is 0.237 e. The van der Waals surface area contributed by atoms with Crippen LogP contribution in [-0.2, 0) is 0 Å². The third-order valence-corrected chi connectivity index (χ3v) is 1.09. The van der Waals surface area contributed by atoms with Crippen LogP contribution in [0.25, 0.3) is 0 Å². The molecular formula is C5H10N3O+. The van der Waals surface area contributed by atoms with Crippen LogP contribution >= 0.6 is 0 Å². The van der Waals surface area contributed by atoms with Crippen molar-refractivity contribution in [2.24, 2.45) is 0 Å². The van der Waals surface area contributed by atoms with Gasteiger partial charge in [-0.1, -0.05) is 13.8 Å². The fourth-order valence-corrected chi connectivity index (χ4v) is 0.643. The van der Waals surface area contributed by atoms with Crippen molar-refractivity contribution < 1.29 is 9.37 Å². The first-order chi connectivity index (χ1) is 4.22. The van der Waals surface area contributed by atoms with Gasteiger partial charge in [-0.15, -0.1) is 0 Å². The van der Waals surface area contributed by atoms with E-state index in [2.05, 4.69) is 4.98 Å². The standard InChI is InChI=1S/C5H10N3O/c1-4(2)5-7-3-9-8(5)6/h3-4H,6H2,1-2H3/q+1. The largest absolute Gasteiger partial charge is 0.365 e. The van der Waals surface area contributed by atoms with Gasteiger partial charge in [0.2, 0.25) is 0 Å². The lowest BCUT2D eigenvalue weighted by Gasteiger charge is -1.88. The van der Waals surface area contributed by atoms with Gasteiger partial charge in [0.05, 0.1) is 5.92 Å². The van der Waals surface area contributed by atoms with E-state index >= 15 is 0 Å². The van der Waals surface area contributed by atoms with E-state index in [-0.39, 0.29) is 0 Å². The Balaban J connectivity index is 2.94. The Bertz CT molecular complexity index is 194. The molecule has 0 spiro atoms. The molecule has 1 aromatic rings. The van der Waals surface area contributed by atoms with E-state index in [0.29, 0.717) is 5.92 Å². The van der Waals surface area contributed by atoms with Crippen LogP contribution in [0.2, 0.25) is 0 Å². The first-order valence-corrected chi connectivity index (χ1v) is 2.83. The van der Waals surface area contributed by atoms with E-state index in [1.165, 1.54) is 11.2 Å². The molecule has 4 nitrogen and oxygen atoms in total. The van der Waals surface area contributed by atoms with Crippen molar-refractivity contribution in [3.8, 4) is 0 Å². The molecule has 0 unspecified atom stereocenters. The minimum absolute atomic E-state index is 0.314. The summed E-state index contributed by atoms with van der Waals surface area (Å²) < 4.78 is 4.71. The molecular weight excluding hydrogens is 118 g/mol. The molecule has 0 aliphatic carbocycles. The Morgan fingerprint density at radius 3 is 2.67 bits per heavy atom. The molecule has 0 aromatic carbocycles. The SMILES string of the molecule is CC(C)c1nco[n+]1N. The number of nitrogen functional groups attached to an aromatic ring is 1. The lowest BCUT2D eigenvalue weighted by Crippen LogP contribution is -2.46. The van der Waals surface area contributed by atoms with Gasteiger partial charge in [-0.05, 0) is 4.98 Å².